The van der Waals surface area contributed by atoms with E-state index in [2.05, 4.69) is 19.2 Å². The summed E-state index contributed by atoms with van der Waals surface area (Å²) in [6.07, 6.45) is 1.06. The summed E-state index contributed by atoms with van der Waals surface area (Å²) in [6.45, 7) is 6.29. The third-order valence-electron chi connectivity index (χ3n) is 3.03. The molecule has 0 aliphatic rings. The Kier molecular flexibility index (Phi) is 4.35. The molecule has 1 aromatic rings. The van der Waals surface area contributed by atoms with Crippen LogP contribution in [0.1, 0.15) is 37.6 Å². The van der Waals surface area contributed by atoms with Crippen molar-refractivity contribution in [2.75, 3.05) is 5.73 Å². The van der Waals surface area contributed by atoms with Crippen LogP contribution in [0.2, 0.25) is 0 Å². The fourth-order valence-electron chi connectivity index (χ4n) is 1.42. The second kappa shape index (κ2) is 5.54. The van der Waals surface area contributed by atoms with Gasteiger partial charge < -0.3 is 11.1 Å². The van der Waals surface area contributed by atoms with Crippen LogP contribution in [0.25, 0.3) is 0 Å². The predicted molar refractivity (Wildman–Crippen MR) is 67.2 cm³/mol. The molecule has 0 aliphatic heterocycles. The van der Waals surface area contributed by atoms with E-state index in [1.165, 1.54) is 0 Å². The molecular weight excluding hydrogens is 200 g/mol. The Hall–Kier alpha value is -1.51. The van der Waals surface area contributed by atoms with Gasteiger partial charge in [-0.2, -0.15) is 0 Å². The number of anilines is 1. The summed E-state index contributed by atoms with van der Waals surface area (Å²) in [5, 5.41) is 2.99. The Bertz CT molecular complexity index is 345. The van der Waals surface area contributed by atoms with Crippen molar-refractivity contribution in [1.29, 1.82) is 0 Å². The van der Waals surface area contributed by atoms with E-state index in [1.807, 2.05) is 6.92 Å². The number of rotatable bonds is 4. The molecule has 1 rings (SSSR count). The van der Waals surface area contributed by atoms with Crippen LogP contribution in [-0.2, 0) is 0 Å². The number of nitrogens with one attached hydrogen (secondary N) is 1. The third kappa shape index (κ3) is 3.26. The van der Waals surface area contributed by atoms with Gasteiger partial charge in [0.2, 0.25) is 0 Å². The first kappa shape index (κ1) is 12.6. The predicted octanol–water partition coefficient (Wildman–Crippen LogP) is 2.43. The summed E-state index contributed by atoms with van der Waals surface area (Å²) in [5.41, 5.74) is 6.90. The molecule has 0 radical (unpaired) electrons. The van der Waals surface area contributed by atoms with Gasteiger partial charge in [-0.3, -0.25) is 4.79 Å². The van der Waals surface area contributed by atoms with Crippen LogP contribution in [0, 0.1) is 5.92 Å². The molecule has 0 saturated carbocycles. The van der Waals surface area contributed by atoms with Crippen LogP contribution >= 0.6 is 0 Å². The van der Waals surface area contributed by atoms with E-state index < -0.39 is 0 Å². The standard InChI is InChI=1S/C13H20N2O/c1-4-9(2)10(3)15-13(16)11-5-7-12(14)8-6-11/h5-10H,4,14H2,1-3H3,(H,15,16). The maximum atomic E-state index is 11.8. The normalized spacial score (nSPS) is 14.2. The summed E-state index contributed by atoms with van der Waals surface area (Å²) >= 11 is 0. The minimum absolute atomic E-state index is 0.0344. The number of nitrogens with two attached hydrogens (primary N) is 1. The van der Waals surface area contributed by atoms with Crippen LogP contribution in [0.15, 0.2) is 24.3 Å². The van der Waals surface area contributed by atoms with Crippen LogP contribution < -0.4 is 11.1 Å². The summed E-state index contributed by atoms with van der Waals surface area (Å²) in [7, 11) is 0. The number of benzene rings is 1. The van der Waals surface area contributed by atoms with E-state index in [0.29, 0.717) is 17.2 Å². The van der Waals surface area contributed by atoms with E-state index in [1.54, 1.807) is 24.3 Å². The van der Waals surface area contributed by atoms with E-state index in [4.69, 9.17) is 5.73 Å². The highest BCUT2D eigenvalue weighted by atomic mass is 16.1. The van der Waals surface area contributed by atoms with Crippen molar-refractivity contribution in [2.24, 2.45) is 5.92 Å². The zero-order valence-electron chi connectivity index (χ0n) is 10.2. The van der Waals surface area contributed by atoms with Crippen LogP contribution in [0.4, 0.5) is 5.69 Å². The van der Waals surface area contributed by atoms with Gasteiger partial charge in [-0.25, -0.2) is 0 Å². The third-order valence-corrected chi connectivity index (χ3v) is 3.03. The smallest absolute Gasteiger partial charge is 0.251 e. The van der Waals surface area contributed by atoms with E-state index in [0.717, 1.165) is 6.42 Å². The summed E-state index contributed by atoms with van der Waals surface area (Å²) in [6, 6.07) is 7.16. The van der Waals surface area contributed by atoms with E-state index >= 15 is 0 Å². The van der Waals surface area contributed by atoms with Gasteiger partial charge in [0.15, 0.2) is 0 Å². The molecule has 0 aromatic heterocycles. The molecule has 0 spiro atoms. The van der Waals surface area contributed by atoms with Crippen molar-refractivity contribution in [3.63, 3.8) is 0 Å². The van der Waals surface area contributed by atoms with E-state index in [9.17, 15) is 4.79 Å². The molecule has 2 atom stereocenters. The lowest BCUT2D eigenvalue weighted by Crippen LogP contribution is -2.36. The lowest BCUT2D eigenvalue weighted by Gasteiger charge is -2.19. The summed E-state index contributed by atoms with van der Waals surface area (Å²) < 4.78 is 0. The molecular formula is C13H20N2O. The maximum absolute atomic E-state index is 11.8. The molecule has 0 saturated heterocycles. The number of carbonyl (C=O) groups is 1. The lowest BCUT2D eigenvalue weighted by atomic mass is 10.0. The first-order valence-corrected chi connectivity index (χ1v) is 5.71. The van der Waals surface area contributed by atoms with Gasteiger partial charge >= 0.3 is 0 Å². The summed E-state index contributed by atoms with van der Waals surface area (Å²) in [4.78, 5) is 11.8. The molecule has 1 amide bonds. The maximum Gasteiger partial charge on any atom is 0.251 e. The van der Waals surface area contributed by atoms with Gasteiger partial charge in [-0.15, -0.1) is 0 Å². The highest BCUT2D eigenvalue weighted by Gasteiger charge is 2.13. The monoisotopic (exact) mass is 220 g/mol. The number of carbonyl (C=O) groups excluding carboxylic acids is 1. The molecule has 0 heterocycles. The van der Waals surface area contributed by atoms with Crippen molar-refractivity contribution in [3.05, 3.63) is 29.8 Å². The Morgan fingerprint density at radius 2 is 1.88 bits per heavy atom. The van der Waals surface area contributed by atoms with Crippen LogP contribution in [0.3, 0.4) is 0 Å². The Labute approximate surface area is 97.0 Å². The highest BCUT2D eigenvalue weighted by Crippen LogP contribution is 2.09. The topological polar surface area (TPSA) is 55.1 Å². The fourth-order valence-corrected chi connectivity index (χ4v) is 1.42. The highest BCUT2D eigenvalue weighted by molar-refractivity contribution is 5.94. The second-order valence-electron chi connectivity index (χ2n) is 4.27. The first-order valence-electron chi connectivity index (χ1n) is 5.71. The molecule has 16 heavy (non-hydrogen) atoms. The molecule has 0 aliphatic carbocycles. The van der Waals surface area contributed by atoms with E-state index in [-0.39, 0.29) is 11.9 Å². The fraction of sp³-hybridized carbons (Fsp3) is 0.462. The van der Waals surface area contributed by atoms with Crippen molar-refractivity contribution in [2.45, 2.75) is 33.2 Å². The van der Waals surface area contributed by atoms with Crippen molar-refractivity contribution in [1.82, 2.24) is 5.32 Å². The quantitative estimate of drug-likeness (QED) is 0.766. The first-order chi connectivity index (χ1) is 7.54. The van der Waals surface area contributed by atoms with Gasteiger partial charge in [0.05, 0.1) is 0 Å². The molecule has 1 aromatic carbocycles. The van der Waals surface area contributed by atoms with Crippen LogP contribution in [0.5, 0.6) is 0 Å². The molecule has 3 nitrogen and oxygen atoms in total. The largest absolute Gasteiger partial charge is 0.399 e. The molecule has 3 N–H and O–H groups in total. The van der Waals surface area contributed by atoms with Crippen molar-refractivity contribution < 1.29 is 4.79 Å². The average Bonchev–Trinajstić information content (AvgIpc) is 2.28. The zero-order valence-corrected chi connectivity index (χ0v) is 10.2. The molecule has 2 unspecified atom stereocenters. The number of amides is 1. The van der Waals surface area contributed by atoms with Gasteiger partial charge in [0, 0.05) is 17.3 Å². The van der Waals surface area contributed by atoms with Crippen LogP contribution in [-0.4, -0.2) is 11.9 Å². The Morgan fingerprint density at radius 1 is 1.31 bits per heavy atom. The van der Waals surface area contributed by atoms with Gasteiger partial charge in [0.1, 0.15) is 0 Å². The van der Waals surface area contributed by atoms with Crippen molar-refractivity contribution in [3.8, 4) is 0 Å². The molecule has 3 heteroatoms. The Morgan fingerprint density at radius 3 is 2.38 bits per heavy atom. The molecule has 88 valence electrons. The van der Waals surface area contributed by atoms with Gasteiger partial charge in [-0.05, 0) is 37.1 Å². The Balaban J connectivity index is 2.62. The molecule has 0 bridgehead atoms. The number of hydrogen-bond donors (Lipinski definition) is 2. The average molecular weight is 220 g/mol. The minimum Gasteiger partial charge on any atom is -0.399 e. The SMILES string of the molecule is CCC(C)C(C)NC(=O)c1ccc(N)cc1. The lowest BCUT2D eigenvalue weighted by molar-refractivity contribution is 0.0928. The molecule has 0 fully saturated rings. The van der Waals surface area contributed by atoms with Gasteiger partial charge in [-0.1, -0.05) is 20.3 Å². The van der Waals surface area contributed by atoms with Gasteiger partial charge in [0.25, 0.3) is 5.91 Å². The second-order valence-corrected chi connectivity index (χ2v) is 4.27. The number of nitrogen functional groups attached to an aromatic ring is 1. The minimum atomic E-state index is -0.0344. The van der Waals surface area contributed by atoms with Crippen molar-refractivity contribution >= 4 is 11.6 Å². The number of hydrogen-bond acceptors (Lipinski definition) is 2. The zero-order chi connectivity index (χ0) is 12.1. The summed E-state index contributed by atoms with van der Waals surface area (Å²) in [5.74, 6) is 0.450.